The van der Waals surface area contributed by atoms with Crippen molar-refractivity contribution in [2.24, 2.45) is 0 Å². The van der Waals surface area contributed by atoms with E-state index in [2.05, 4.69) is 21.9 Å². The molecule has 0 saturated heterocycles. The molecule has 0 unspecified atom stereocenters. The van der Waals surface area contributed by atoms with Gasteiger partial charge in [0.05, 0.1) is 7.11 Å². The van der Waals surface area contributed by atoms with Gasteiger partial charge in [0.1, 0.15) is 0 Å². The molecule has 0 aromatic carbocycles. The number of ether oxygens (including phenoxy) is 1. The second-order valence-corrected chi connectivity index (χ2v) is 3.52. The highest BCUT2D eigenvalue weighted by Crippen LogP contribution is 1.93. The van der Waals surface area contributed by atoms with Crippen LogP contribution in [0.4, 0.5) is 4.79 Å². The Hall–Kier alpha value is -1.52. The minimum Gasteiger partial charge on any atom is -0.453 e. The Kier molecular flexibility index (Phi) is 7.93. The molecular weight excluding hydrogens is 208 g/mol. The van der Waals surface area contributed by atoms with E-state index in [1.165, 1.54) is 7.11 Å². The van der Waals surface area contributed by atoms with Gasteiger partial charge in [-0.15, -0.1) is 0 Å². The van der Waals surface area contributed by atoms with E-state index in [0.29, 0.717) is 18.7 Å². The number of rotatable bonds is 7. The number of nitrogens with one attached hydrogen (secondary N) is 2. The summed E-state index contributed by atoms with van der Waals surface area (Å²) in [5, 5.41) is 5.33. The maximum absolute atomic E-state index is 11.1. The van der Waals surface area contributed by atoms with Crippen LogP contribution in [-0.4, -0.2) is 32.2 Å². The van der Waals surface area contributed by atoms with Crippen molar-refractivity contribution in [2.45, 2.75) is 26.2 Å². The number of carbonyl (C=O) groups is 2. The lowest BCUT2D eigenvalue weighted by molar-refractivity contribution is -0.117. The first-order chi connectivity index (χ1) is 7.57. The van der Waals surface area contributed by atoms with E-state index >= 15 is 0 Å². The molecular formula is C11H20N2O3. The quantitative estimate of drug-likeness (QED) is 0.508. The number of unbranched alkanes of at least 4 members (excludes halogenated alkanes) is 2. The van der Waals surface area contributed by atoms with Crippen molar-refractivity contribution >= 4 is 12.0 Å². The molecule has 0 radical (unpaired) electrons. The third kappa shape index (κ3) is 7.84. The van der Waals surface area contributed by atoms with Gasteiger partial charge in [-0.1, -0.05) is 6.58 Å². The summed E-state index contributed by atoms with van der Waals surface area (Å²) in [5.41, 5.74) is 0.521. The third-order valence-electron chi connectivity index (χ3n) is 1.98. The SMILES string of the molecule is C=C(C)C(=O)NCCCCCNC(=O)OC. The van der Waals surface area contributed by atoms with Gasteiger partial charge in [-0.3, -0.25) is 4.79 Å². The molecule has 0 aliphatic rings. The molecule has 2 N–H and O–H groups in total. The zero-order valence-corrected chi connectivity index (χ0v) is 9.97. The summed E-state index contributed by atoms with van der Waals surface area (Å²) in [6.45, 7) is 6.46. The summed E-state index contributed by atoms with van der Waals surface area (Å²) in [5.74, 6) is -0.104. The highest BCUT2D eigenvalue weighted by atomic mass is 16.5. The molecule has 5 nitrogen and oxygen atoms in total. The maximum Gasteiger partial charge on any atom is 0.406 e. The first-order valence-corrected chi connectivity index (χ1v) is 5.33. The molecule has 0 aliphatic heterocycles. The number of hydrogen-bond acceptors (Lipinski definition) is 3. The molecule has 0 fully saturated rings. The van der Waals surface area contributed by atoms with Crippen molar-refractivity contribution in [3.8, 4) is 0 Å². The average Bonchev–Trinajstić information content (AvgIpc) is 2.26. The Morgan fingerprint density at radius 2 is 1.69 bits per heavy atom. The van der Waals surface area contributed by atoms with Gasteiger partial charge in [0.2, 0.25) is 5.91 Å². The molecule has 0 aromatic heterocycles. The summed E-state index contributed by atoms with van der Waals surface area (Å²) in [7, 11) is 1.34. The van der Waals surface area contributed by atoms with Crippen LogP contribution in [-0.2, 0) is 9.53 Å². The van der Waals surface area contributed by atoms with E-state index in [4.69, 9.17) is 0 Å². The average molecular weight is 228 g/mol. The van der Waals surface area contributed by atoms with Crippen LogP contribution >= 0.6 is 0 Å². The van der Waals surface area contributed by atoms with Gasteiger partial charge >= 0.3 is 6.09 Å². The second-order valence-electron chi connectivity index (χ2n) is 3.52. The Balaban J connectivity index is 3.25. The van der Waals surface area contributed by atoms with Crippen LogP contribution < -0.4 is 10.6 Å². The zero-order chi connectivity index (χ0) is 12.4. The minimum absolute atomic E-state index is 0.104. The highest BCUT2D eigenvalue weighted by molar-refractivity contribution is 5.91. The van der Waals surface area contributed by atoms with Crippen molar-refractivity contribution in [2.75, 3.05) is 20.2 Å². The Bertz CT molecular complexity index is 252. The summed E-state index contributed by atoms with van der Waals surface area (Å²) in [4.78, 5) is 21.7. The monoisotopic (exact) mass is 228 g/mol. The summed E-state index contributed by atoms with van der Waals surface area (Å²) >= 11 is 0. The van der Waals surface area contributed by atoms with Gasteiger partial charge in [0.15, 0.2) is 0 Å². The van der Waals surface area contributed by atoms with Crippen LogP contribution in [0, 0.1) is 0 Å². The standard InChI is InChI=1S/C11H20N2O3/c1-9(2)10(14)12-7-5-4-6-8-13-11(15)16-3/h1,4-8H2,2-3H3,(H,12,14)(H,13,15). The largest absolute Gasteiger partial charge is 0.453 e. The second kappa shape index (κ2) is 8.76. The van der Waals surface area contributed by atoms with E-state index in [0.717, 1.165) is 19.3 Å². The first kappa shape index (κ1) is 14.5. The van der Waals surface area contributed by atoms with E-state index in [-0.39, 0.29) is 5.91 Å². The summed E-state index contributed by atoms with van der Waals surface area (Å²) in [6.07, 6.45) is 2.30. The van der Waals surface area contributed by atoms with Gasteiger partial charge in [-0.2, -0.15) is 0 Å². The number of amides is 2. The van der Waals surface area contributed by atoms with Crippen LogP contribution in [0.2, 0.25) is 0 Å². The normalized spacial score (nSPS) is 9.38. The Labute approximate surface area is 96.2 Å². The fourth-order valence-electron chi connectivity index (χ4n) is 1.04. The van der Waals surface area contributed by atoms with Gasteiger partial charge in [0, 0.05) is 18.7 Å². The number of alkyl carbamates (subject to hydrolysis) is 1. The first-order valence-electron chi connectivity index (χ1n) is 5.33. The predicted molar refractivity (Wildman–Crippen MR) is 62.1 cm³/mol. The Morgan fingerprint density at radius 3 is 2.19 bits per heavy atom. The fraction of sp³-hybridized carbons (Fsp3) is 0.636. The Morgan fingerprint density at radius 1 is 1.12 bits per heavy atom. The molecule has 0 atom stereocenters. The number of methoxy groups -OCH3 is 1. The van der Waals surface area contributed by atoms with Crippen molar-refractivity contribution < 1.29 is 14.3 Å². The maximum atomic E-state index is 11.1. The number of carbonyl (C=O) groups excluding carboxylic acids is 2. The van der Waals surface area contributed by atoms with E-state index in [1.807, 2.05) is 0 Å². The molecule has 0 spiro atoms. The molecule has 0 rings (SSSR count). The van der Waals surface area contributed by atoms with Crippen LogP contribution in [0.5, 0.6) is 0 Å². The molecule has 5 heteroatoms. The van der Waals surface area contributed by atoms with Gasteiger partial charge in [-0.05, 0) is 26.2 Å². The lowest BCUT2D eigenvalue weighted by atomic mass is 10.2. The van der Waals surface area contributed by atoms with Crippen LogP contribution in [0.1, 0.15) is 26.2 Å². The lowest BCUT2D eigenvalue weighted by Crippen LogP contribution is -2.25. The fourth-order valence-corrected chi connectivity index (χ4v) is 1.04. The van der Waals surface area contributed by atoms with Crippen LogP contribution in [0.25, 0.3) is 0 Å². The molecule has 0 bridgehead atoms. The van der Waals surface area contributed by atoms with Crippen molar-refractivity contribution in [1.82, 2.24) is 10.6 Å². The van der Waals surface area contributed by atoms with Gasteiger partial charge in [-0.25, -0.2) is 4.79 Å². The topological polar surface area (TPSA) is 67.4 Å². The molecule has 16 heavy (non-hydrogen) atoms. The van der Waals surface area contributed by atoms with E-state index in [9.17, 15) is 9.59 Å². The minimum atomic E-state index is -0.407. The molecule has 0 aromatic rings. The van der Waals surface area contributed by atoms with Gasteiger partial charge in [0.25, 0.3) is 0 Å². The summed E-state index contributed by atoms with van der Waals surface area (Å²) < 4.78 is 4.42. The van der Waals surface area contributed by atoms with Crippen LogP contribution in [0.3, 0.4) is 0 Å². The van der Waals surface area contributed by atoms with Gasteiger partial charge < -0.3 is 15.4 Å². The molecule has 2 amide bonds. The van der Waals surface area contributed by atoms with Crippen molar-refractivity contribution in [1.29, 1.82) is 0 Å². The molecule has 92 valence electrons. The van der Waals surface area contributed by atoms with Crippen LogP contribution in [0.15, 0.2) is 12.2 Å². The smallest absolute Gasteiger partial charge is 0.406 e. The highest BCUT2D eigenvalue weighted by Gasteiger charge is 2.00. The van der Waals surface area contributed by atoms with E-state index in [1.54, 1.807) is 6.92 Å². The lowest BCUT2D eigenvalue weighted by Gasteiger charge is -2.05. The predicted octanol–water partition coefficient (Wildman–Crippen LogP) is 1.20. The van der Waals surface area contributed by atoms with E-state index < -0.39 is 6.09 Å². The molecule has 0 saturated carbocycles. The molecule has 0 aliphatic carbocycles. The van der Waals surface area contributed by atoms with Crippen molar-refractivity contribution in [3.05, 3.63) is 12.2 Å². The summed E-state index contributed by atoms with van der Waals surface area (Å²) in [6, 6.07) is 0. The third-order valence-corrected chi connectivity index (χ3v) is 1.98. The number of hydrogen-bond donors (Lipinski definition) is 2. The zero-order valence-electron chi connectivity index (χ0n) is 9.97. The van der Waals surface area contributed by atoms with Crippen molar-refractivity contribution in [3.63, 3.8) is 0 Å². The molecule has 0 heterocycles.